The van der Waals surface area contributed by atoms with Crippen molar-refractivity contribution in [1.82, 2.24) is 14.3 Å². The van der Waals surface area contributed by atoms with Gasteiger partial charge in [0, 0.05) is 32.3 Å². The largest absolute Gasteiger partial charge is 0.419 e. The first-order valence-electron chi connectivity index (χ1n) is 7.01. The fourth-order valence-corrected chi connectivity index (χ4v) is 2.31. The molecular formula is C15H16N4O3. The summed E-state index contributed by atoms with van der Waals surface area (Å²) in [4.78, 5) is 23.6. The van der Waals surface area contributed by atoms with E-state index >= 15 is 0 Å². The number of hydrogen-bond donors (Lipinski definition) is 1. The number of fused-ring (bicyclic) bond motifs is 1. The lowest BCUT2D eigenvalue weighted by Gasteiger charge is -2.03. The van der Waals surface area contributed by atoms with Crippen LogP contribution < -0.4 is 11.1 Å². The molecule has 1 amide bonds. The molecule has 7 heteroatoms. The van der Waals surface area contributed by atoms with E-state index in [2.05, 4.69) is 10.4 Å². The van der Waals surface area contributed by atoms with Crippen molar-refractivity contribution in [2.75, 3.05) is 5.32 Å². The van der Waals surface area contributed by atoms with Gasteiger partial charge in [0.25, 0.3) is 0 Å². The topological polar surface area (TPSA) is 82.1 Å². The molecule has 0 unspecified atom stereocenters. The van der Waals surface area contributed by atoms with Crippen LogP contribution in [-0.2, 0) is 18.4 Å². The molecule has 2 aromatic heterocycles. The molecule has 0 saturated carbocycles. The second kappa shape index (κ2) is 5.88. The number of aromatic nitrogens is 3. The van der Waals surface area contributed by atoms with E-state index in [1.54, 1.807) is 34.6 Å². The Hall–Kier alpha value is -2.83. The predicted molar refractivity (Wildman–Crippen MR) is 81.5 cm³/mol. The zero-order valence-electron chi connectivity index (χ0n) is 12.2. The molecule has 0 saturated heterocycles. The van der Waals surface area contributed by atoms with Crippen LogP contribution in [0.15, 0.2) is 45.7 Å². The summed E-state index contributed by atoms with van der Waals surface area (Å²) in [6.07, 6.45) is 2.61. The van der Waals surface area contributed by atoms with Gasteiger partial charge in [-0.25, -0.2) is 4.79 Å². The maximum atomic E-state index is 11.8. The third-order valence-corrected chi connectivity index (χ3v) is 3.34. The van der Waals surface area contributed by atoms with Crippen molar-refractivity contribution < 1.29 is 9.21 Å². The number of carbonyl (C=O) groups excluding carboxylic acids is 1. The van der Waals surface area contributed by atoms with E-state index in [1.807, 2.05) is 18.2 Å². The van der Waals surface area contributed by atoms with E-state index in [9.17, 15) is 9.59 Å². The molecule has 7 nitrogen and oxygen atoms in total. The van der Waals surface area contributed by atoms with Crippen molar-refractivity contribution in [3.05, 3.63) is 47.1 Å². The highest BCUT2D eigenvalue weighted by Gasteiger charge is 2.09. The van der Waals surface area contributed by atoms with Crippen molar-refractivity contribution in [2.24, 2.45) is 7.05 Å². The molecule has 0 spiro atoms. The van der Waals surface area contributed by atoms with Crippen LogP contribution in [0.25, 0.3) is 11.1 Å². The summed E-state index contributed by atoms with van der Waals surface area (Å²) in [5.74, 6) is 0.00399. The zero-order valence-corrected chi connectivity index (χ0v) is 12.2. The number of benzene rings is 1. The molecule has 22 heavy (non-hydrogen) atoms. The summed E-state index contributed by atoms with van der Waals surface area (Å²) >= 11 is 0. The van der Waals surface area contributed by atoms with Gasteiger partial charge in [-0.05, 0) is 18.6 Å². The van der Waals surface area contributed by atoms with Gasteiger partial charge >= 0.3 is 5.76 Å². The Bertz CT molecular complexity index is 859. The zero-order chi connectivity index (χ0) is 15.5. The minimum absolute atomic E-state index is 0.125. The Kier molecular flexibility index (Phi) is 3.78. The average Bonchev–Trinajstić information content (AvgIpc) is 3.03. The molecular weight excluding hydrogens is 284 g/mol. The van der Waals surface area contributed by atoms with Crippen molar-refractivity contribution >= 4 is 22.8 Å². The molecule has 0 aliphatic rings. The maximum absolute atomic E-state index is 11.8. The van der Waals surface area contributed by atoms with E-state index in [1.165, 1.54) is 0 Å². The molecule has 3 rings (SSSR count). The number of oxazole rings is 1. The Balaban J connectivity index is 1.59. The van der Waals surface area contributed by atoms with Gasteiger partial charge in [0.05, 0.1) is 5.52 Å². The number of amides is 1. The number of nitrogens with zero attached hydrogens (tertiary/aromatic N) is 3. The normalized spacial score (nSPS) is 11.0. The van der Waals surface area contributed by atoms with Crippen LogP contribution in [0.4, 0.5) is 5.82 Å². The van der Waals surface area contributed by atoms with E-state index in [4.69, 9.17) is 4.42 Å². The summed E-state index contributed by atoms with van der Waals surface area (Å²) < 4.78 is 8.31. The van der Waals surface area contributed by atoms with Crippen molar-refractivity contribution in [3.8, 4) is 0 Å². The molecule has 0 atom stereocenters. The Labute approximate surface area is 126 Å². The third-order valence-electron chi connectivity index (χ3n) is 3.34. The van der Waals surface area contributed by atoms with Gasteiger partial charge < -0.3 is 9.73 Å². The molecule has 3 aromatic rings. The highest BCUT2D eigenvalue weighted by Crippen LogP contribution is 2.12. The van der Waals surface area contributed by atoms with Crippen molar-refractivity contribution in [2.45, 2.75) is 19.4 Å². The SMILES string of the molecule is Cn1ccc(NC(=O)CCCn2c(=O)oc3ccccc32)n1. The van der Waals surface area contributed by atoms with Crippen LogP contribution >= 0.6 is 0 Å². The fraction of sp³-hybridized carbons (Fsp3) is 0.267. The van der Waals surface area contributed by atoms with Gasteiger partial charge in [-0.2, -0.15) is 5.10 Å². The summed E-state index contributed by atoms with van der Waals surface area (Å²) in [6.45, 7) is 0.436. The number of rotatable bonds is 5. The summed E-state index contributed by atoms with van der Waals surface area (Å²) in [6, 6.07) is 8.97. The second-order valence-electron chi connectivity index (χ2n) is 5.01. The van der Waals surface area contributed by atoms with Crippen molar-refractivity contribution in [1.29, 1.82) is 0 Å². The van der Waals surface area contributed by atoms with E-state index in [0.29, 0.717) is 30.8 Å². The molecule has 0 bridgehead atoms. The Morgan fingerprint density at radius 3 is 2.91 bits per heavy atom. The fourth-order valence-electron chi connectivity index (χ4n) is 2.31. The first-order valence-corrected chi connectivity index (χ1v) is 7.01. The molecule has 0 aliphatic carbocycles. The number of carbonyl (C=O) groups is 1. The maximum Gasteiger partial charge on any atom is 0.419 e. The molecule has 114 valence electrons. The third kappa shape index (κ3) is 2.93. The van der Waals surface area contributed by atoms with Crippen molar-refractivity contribution in [3.63, 3.8) is 0 Å². The van der Waals surface area contributed by atoms with Crippen LogP contribution in [0.2, 0.25) is 0 Å². The lowest BCUT2D eigenvalue weighted by atomic mass is 10.2. The lowest BCUT2D eigenvalue weighted by molar-refractivity contribution is -0.116. The number of aryl methyl sites for hydroxylation is 2. The Morgan fingerprint density at radius 2 is 2.14 bits per heavy atom. The van der Waals surface area contributed by atoms with E-state index < -0.39 is 5.76 Å². The van der Waals surface area contributed by atoms with Gasteiger partial charge in [0.2, 0.25) is 5.91 Å². The molecule has 2 heterocycles. The summed E-state index contributed by atoms with van der Waals surface area (Å²) in [5, 5.41) is 6.79. The predicted octanol–water partition coefficient (Wildman–Crippen LogP) is 1.75. The quantitative estimate of drug-likeness (QED) is 0.778. The van der Waals surface area contributed by atoms with Crippen LogP contribution in [0, 0.1) is 0 Å². The van der Waals surface area contributed by atoms with Crippen LogP contribution in [0.5, 0.6) is 0 Å². The molecule has 1 aromatic carbocycles. The van der Waals surface area contributed by atoms with Gasteiger partial charge in [-0.3, -0.25) is 14.0 Å². The highest BCUT2D eigenvalue weighted by atomic mass is 16.4. The molecule has 0 aliphatic heterocycles. The summed E-state index contributed by atoms with van der Waals surface area (Å²) in [5.41, 5.74) is 1.31. The summed E-state index contributed by atoms with van der Waals surface area (Å²) in [7, 11) is 1.78. The van der Waals surface area contributed by atoms with Gasteiger partial charge in [0.1, 0.15) is 0 Å². The lowest BCUT2D eigenvalue weighted by Crippen LogP contribution is -2.17. The van der Waals surface area contributed by atoms with E-state index in [-0.39, 0.29) is 5.91 Å². The monoisotopic (exact) mass is 300 g/mol. The standard InChI is InChI=1S/C15H16N4O3/c1-18-10-8-13(17-18)16-14(20)7-4-9-19-11-5-2-3-6-12(11)22-15(19)21/h2-3,5-6,8,10H,4,7,9H2,1H3,(H,16,17,20). The minimum Gasteiger partial charge on any atom is -0.408 e. The number of hydrogen-bond acceptors (Lipinski definition) is 4. The van der Waals surface area contributed by atoms with Crippen LogP contribution in [-0.4, -0.2) is 20.3 Å². The molecule has 1 N–H and O–H groups in total. The highest BCUT2D eigenvalue weighted by molar-refractivity contribution is 5.89. The van der Waals surface area contributed by atoms with Crippen LogP contribution in [0.3, 0.4) is 0 Å². The number of para-hydroxylation sites is 2. The van der Waals surface area contributed by atoms with E-state index in [0.717, 1.165) is 5.52 Å². The second-order valence-corrected chi connectivity index (χ2v) is 5.01. The molecule has 0 radical (unpaired) electrons. The van der Waals surface area contributed by atoms with Gasteiger partial charge in [-0.15, -0.1) is 0 Å². The number of anilines is 1. The minimum atomic E-state index is -0.397. The van der Waals surface area contributed by atoms with Gasteiger partial charge in [0.15, 0.2) is 11.4 Å². The first-order chi connectivity index (χ1) is 10.6. The number of nitrogens with one attached hydrogen (secondary N) is 1. The van der Waals surface area contributed by atoms with Gasteiger partial charge in [-0.1, -0.05) is 12.1 Å². The molecule has 0 fully saturated rings. The smallest absolute Gasteiger partial charge is 0.408 e. The Morgan fingerprint density at radius 1 is 1.32 bits per heavy atom. The first kappa shape index (κ1) is 14.1. The average molecular weight is 300 g/mol. The van der Waals surface area contributed by atoms with Crippen LogP contribution in [0.1, 0.15) is 12.8 Å².